The second-order valence-electron chi connectivity index (χ2n) is 6.87. The van der Waals surface area contributed by atoms with Crippen molar-refractivity contribution in [3.05, 3.63) is 82.1 Å². The molecule has 0 unspecified atom stereocenters. The predicted octanol–water partition coefficient (Wildman–Crippen LogP) is 3.52. The maximum Gasteiger partial charge on any atom is 0.329 e. The summed E-state index contributed by atoms with van der Waals surface area (Å²) in [6.07, 6.45) is 1.51. The number of methoxy groups -OCH3 is 1. The molecule has 0 fully saturated rings. The van der Waals surface area contributed by atoms with E-state index in [2.05, 4.69) is 15.8 Å². The molecule has 0 radical (unpaired) electrons. The van der Waals surface area contributed by atoms with Crippen LogP contribution in [0.2, 0.25) is 5.02 Å². The number of nitrogens with zero attached hydrogens (tertiary/aromatic N) is 2. The van der Waals surface area contributed by atoms with E-state index in [9.17, 15) is 9.59 Å². The van der Waals surface area contributed by atoms with Gasteiger partial charge >= 0.3 is 11.8 Å². The van der Waals surface area contributed by atoms with Gasteiger partial charge in [0.1, 0.15) is 5.75 Å². The van der Waals surface area contributed by atoms with Crippen LogP contribution in [0, 0.1) is 13.8 Å². The number of nitrogens with one attached hydrogen (secondary N) is 2. The minimum absolute atomic E-state index is 0.223. The summed E-state index contributed by atoms with van der Waals surface area (Å²) in [5.74, 6) is -0.886. The SMILES string of the molecule is COc1ccc(CNC(=O)C(=O)N/N=C\c2cc(C)n(-c3cccc(Cl)c3)c2C)cc1. The third kappa shape index (κ3) is 5.52. The molecule has 3 aromatic rings. The average molecular weight is 439 g/mol. The number of amides is 2. The van der Waals surface area contributed by atoms with Crippen molar-refractivity contribution >= 4 is 29.6 Å². The number of halogens is 1. The van der Waals surface area contributed by atoms with Gasteiger partial charge in [-0.05, 0) is 55.8 Å². The zero-order valence-electron chi connectivity index (χ0n) is 17.5. The number of benzene rings is 2. The van der Waals surface area contributed by atoms with E-state index in [4.69, 9.17) is 16.3 Å². The van der Waals surface area contributed by atoms with Gasteiger partial charge in [0.05, 0.1) is 13.3 Å². The molecule has 0 spiro atoms. The van der Waals surface area contributed by atoms with Gasteiger partial charge in [0.15, 0.2) is 0 Å². The van der Waals surface area contributed by atoms with Gasteiger partial charge in [-0.1, -0.05) is 29.8 Å². The monoisotopic (exact) mass is 438 g/mol. The number of carbonyl (C=O) groups is 2. The van der Waals surface area contributed by atoms with Crippen molar-refractivity contribution in [1.29, 1.82) is 0 Å². The van der Waals surface area contributed by atoms with Gasteiger partial charge in [-0.3, -0.25) is 9.59 Å². The highest BCUT2D eigenvalue weighted by Crippen LogP contribution is 2.22. The Bertz CT molecular complexity index is 1120. The normalized spacial score (nSPS) is 10.8. The van der Waals surface area contributed by atoms with Crippen molar-refractivity contribution in [2.45, 2.75) is 20.4 Å². The molecule has 1 heterocycles. The summed E-state index contributed by atoms with van der Waals surface area (Å²) in [4.78, 5) is 24.0. The number of rotatable bonds is 6. The lowest BCUT2D eigenvalue weighted by Gasteiger charge is -2.09. The van der Waals surface area contributed by atoms with Crippen LogP contribution >= 0.6 is 11.6 Å². The second kappa shape index (κ2) is 9.95. The van der Waals surface area contributed by atoms with Crippen LogP contribution in [0.4, 0.5) is 0 Å². The Morgan fingerprint density at radius 1 is 1.10 bits per heavy atom. The molecular weight excluding hydrogens is 416 g/mol. The van der Waals surface area contributed by atoms with Crippen LogP contribution < -0.4 is 15.5 Å². The van der Waals surface area contributed by atoms with Crippen molar-refractivity contribution in [3.8, 4) is 11.4 Å². The van der Waals surface area contributed by atoms with Crippen LogP contribution in [-0.4, -0.2) is 29.7 Å². The van der Waals surface area contributed by atoms with Crippen LogP contribution in [-0.2, 0) is 16.1 Å². The van der Waals surface area contributed by atoms with E-state index in [1.807, 2.05) is 60.9 Å². The first kappa shape index (κ1) is 22.1. The third-order valence-electron chi connectivity index (χ3n) is 4.72. The average Bonchev–Trinajstić information content (AvgIpc) is 3.05. The topological polar surface area (TPSA) is 84.7 Å². The van der Waals surface area contributed by atoms with Crippen LogP contribution in [0.3, 0.4) is 0 Å². The first-order valence-corrected chi connectivity index (χ1v) is 9.96. The molecule has 0 aliphatic rings. The maximum absolute atomic E-state index is 12.0. The molecule has 7 nitrogen and oxygen atoms in total. The van der Waals surface area contributed by atoms with Crippen LogP contribution in [0.25, 0.3) is 5.69 Å². The minimum atomic E-state index is -0.839. The highest BCUT2D eigenvalue weighted by molar-refractivity contribution is 6.35. The molecule has 31 heavy (non-hydrogen) atoms. The number of aromatic nitrogens is 1. The first-order valence-electron chi connectivity index (χ1n) is 9.58. The van der Waals surface area contributed by atoms with Crippen LogP contribution in [0.5, 0.6) is 5.75 Å². The summed E-state index contributed by atoms with van der Waals surface area (Å²) in [6, 6.07) is 16.7. The molecule has 0 saturated carbocycles. The van der Waals surface area contributed by atoms with Crippen molar-refractivity contribution in [2.75, 3.05) is 7.11 Å². The van der Waals surface area contributed by atoms with Gasteiger partial charge in [0, 0.05) is 34.2 Å². The Hall–Kier alpha value is -3.58. The van der Waals surface area contributed by atoms with Crippen LogP contribution in [0.15, 0.2) is 59.7 Å². The number of hydrazone groups is 1. The molecule has 8 heteroatoms. The summed E-state index contributed by atoms with van der Waals surface area (Å²) in [7, 11) is 1.58. The Balaban J connectivity index is 1.59. The molecule has 2 aromatic carbocycles. The lowest BCUT2D eigenvalue weighted by molar-refractivity contribution is -0.139. The van der Waals surface area contributed by atoms with E-state index in [0.717, 1.165) is 34.0 Å². The zero-order valence-corrected chi connectivity index (χ0v) is 18.2. The number of aryl methyl sites for hydroxylation is 1. The quantitative estimate of drug-likeness (QED) is 0.351. The molecule has 1 aromatic heterocycles. The Kier molecular flexibility index (Phi) is 7.10. The lowest BCUT2D eigenvalue weighted by Crippen LogP contribution is -2.37. The van der Waals surface area contributed by atoms with Crippen molar-refractivity contribution in [3.63, 3.8) is 0 Å². The van der Waals surface area contributed by atoms with E-state index >= 15 is 0 Å². The summed E-state index contributed by atoms with van der Waals surface area (Å²) in [5.41, 5.74) is 6.78. The molecule has 0 bridgehead atoms. The Morgan fingerprint density at radius 3 is 2.52 bits per heavy atom. The molecule has 0 aliphatic carbocycles. The standard InChI is InChI=1S/C23H23ClN4O3/c1-15-11-18(16(2)28(15)20-6-4-5-19(24)12-20)14-26-27-23(30)22(29)25-13-17-7-9-21(31-3)10-8-17/h4-12,14H,13H2,1-3H3,(H,25,29)(H,27,30)/b26-14-. The fourth-order valence-corrected chi connectivity index (χ4v) is 3.33. The molecule has 0 saturated heterocycles. The number of hydrogen-bond acceptors (Lipinski definition) is 4. The maximum atomic E-state index is 12.0. The highest BCUT2D eigenvalue weighted by Gasteiger charge is 2.13. The van der Waals surface area contributed by atoms with E-state index in [0.29, 0.717) is 5.02 Å². The first-order chi connectivity index (χ1) is 14.9. The number of ether oxygens (including phenoxy) is 1. The largest absolute Gasteiger partial charge is 0.497 e. The second-order valence-corrected chi connectivity index (χ2v) is 7.31. The van der Waals surface area contributed by atoms with E-state index in [1.54, 1.807) is 19.2 Å². The number of carbonyl (C=O) groups excluding carboxylic acids is 2. The van der Waals surface area contributed by atoms with E-state index < -0.39 is 11.8 Å². The Labute approximate surface area is 185 Å². The van der Waals surface area contributed by atoms with Gasteiger partial charge in [0.25, 0.3) is 0 Å². The van der Waals surface area contributed by atoms with E-state index in [-0.39, 0.29) is 6.54 Å². The van der Waals surface area contributed by atoms with Gasteiger partial charge in [-0.2, -0.15) is 5.10 Å². The summed E-state index contributed by atoms with van der Waals surface area (Å²) < 4.78 is 7.12. The fourth-order valence-electron chi connectivity index (χ4n) is 3.15. The van der Waals surface area contributed by atoms with E-state index in [1.165, 1.54) is 6.21 Å². The van der Waals surface area contributed by atoms with Gasteiger partial charge in [-0.15, -0.1) is 0 Å². The molecule has 3 rings (SSSR count). The van der Waals surface area contributed by atoms with Gasteiger partial charge < -0.3 is 14.6 Å². The van der Waals surface area contributed by atoms with Crippen molar-refractivity contribution < 1.29 is 14.3 Å². The molecule has 160 valence electrons. The van der Waals surface area contributed by atoms with Gasteiger partial charge in [0.2, 0.25) is 0 Å². The molecule has 0 atom stereocenters. The molecule has 2 amide bonds. The van der Waals surface area contributed by atoms with Crippen LogP contribution in [0.1, 0.15) is 22.5 Å². The fraction of sp³-hybridized carbons (Fsp3) is 0.174. The van der Waals surface area contributed by atoms with Crippen molar-refractivity contribution in [1.82, 2.24) is 15.3 Å². The predicted molar refractivity (Wildman–Crippen MR) is 121 cm³/mol. The number of hydrogen-bond donors (Lipinski definition) is 2. The summed E-state index contributed by atoms with van der Waals surface area (Å²) >= 11 is 6.10. The molecule has 0 aliphatic heterocycles. The zero-order chi connectivity index (χ0) is 22.4. The third-order valence-corrected chi connectivity index (χ3v) is 4.96. The lowest BCUT2D eigenvalue weighted by atomic mass is 10.2. The Morgan fingerprint density at radius 2 is 1.84 bits per heavy atom. The van der Waals surface area contributed by atoms with Gasteiger partial charge in [-0.25, -0.2) is 5.43 Å². The molecular formula is C23H23ClN4O3. The van der Waals surface area contributed by atoms with Crippen molar-refractivity contribution in [2.24, 2.45) is 5.10 Å². The summed E-state index contributed by atoms with van der Waals surface area (Å²) in [5, 5.41) is 7.13. The summed E-state index contributed by atoms with van der Waals surface area (Å²) in [6.45, 7) is 4.13. The smallest absolute Gasteiger partial charge is 0.329 e. The highest BCUT2D eigenvalue weighted by atomic mass is 35.5. The molecule has 2 N–H and O–H groups in total. The minimum Gasteiger partial charge on any atom is -0.497 e.